The fourth-order valence-corrected chi connectivity index (χ4v) is 0.571. The molecule has 0 amide bonds. The molecule has 0 bridgehead atoms. The van der Waals surface area contributed by atoms with Crippen LogP contribution in [-0.2, 0) is 4.74 Å². The predicted octanol–water partition coefficient (Wildman–Crippen LogP) is -0.00670. The second-order valence-electron chi connectivity index (χ2n) is 2.39. The molecule has 2 N–H and O–H groups in total. The highest BCUT2D eigenvalue weighted by atomic mass is 16.5. The summed E-state index contributed by atoms with van der Waals surface area (Å²) in [5.74, 6) is 0. The van der Waals surface area contributed by atoms with Crippen LogP contribution in [0.15, 0.2) is 0 Å². The van der Waals surface area contributed by atoms with Crippen molar-refractivity contribution in [2.45, 2.75) is 20.0 Å². The van der Waals surface area contributed by atoms with Crippen molar-refractivity contribution in [2.24, 2.45) is 0 Å². The molecule has 0 aromatic rings. The second-order valence-corrected chi connectivity index (χ2v) is 2.39. The zero-order valence-corrected chi connectivity index (χ0v) is 6.76. The van der Waals surface area contributed by atoms with Crippen molar-refractivity contribution in [3.63, 3.8) is 0 Å². The van der Waals surface area contributed by atoms with Crippen LogP contribution >= 0.6 is 0 Å². The molecule has 0 radical (unpaired) electrons. The third-order valence-corrected chi connectivity index (χ3v) is 1.02. The summed E-state index contributed by atoms with van der Waals surface area (Å²) in [5, 5.41) is 11.4. The number of hydrogen-bond donors (Lipinski definition) is 2. The van der Waals surface area contributed by atoms with Gasteiger partial charge in [-0.1, -0.05) is 0 Å². The van der Waals surface area contributed by atoms with E-state index < -0.39 is 0 Å². The average Bonchev–Trinajstić information content (AvgIpc) is 1.87. The Bertz CT molecular complexity index is 66.6. The van der Waals surface area contributed by atoms with E-state index in [0.717, 1.165) is 13.2 Å². The monoisotopic (exact) mass is 147 g/mol. The van der Waals surface area contributed by atoms with Crippen molar-refractivity contribution in [3.05, 3.63) is 0 Å². The maximum atomic E-state index is 8.37. The van der Waals surface area contributed by atoms with Crippen molar-refractivity contribution < 1.29 is 9.84 Å². The largest absolute Gasteiger partial charge is 0.395 e. The smallest absolute Gasteiger partial charge is 0.0594 e. The lowest BCUT2D eigenvalue weighted by Crippen LogP contribution is -2.24. The van der Waals surface area contributed by atoms with Crippen molar-refractivity contribution in [1.29, 1.82) is 0 Å². The summed E-state index contributed by atoms with van der Waals surface area (Å²) in [6.07, 6.45) is 0.302. The van der Waals surface area contributed by atoms with Gasteiger partial charge in [0.15, 0.2) is 0 Å². The first-order valence-electron chi connectivity index (χ1n) is 3.70. The fraction of sp³-hybridized carbons (Fsp3) is 1.00. The van der Waals surface area contributed by atoms with Crippen molar-refractivity contribution in [1.82, 2.24) is 5.32 Å². The quantitative estimate of drug-likeness (QED) is 0.519. The Morgan fingerprint density at radius 3 is 2.60 bits per heavy atom. The summed E-state index contributed by atoms with van der Waals surface area (Å²) in [6, 6.07) is 0. The van der Waals surface area contributed by atoms with Crippen LogP contribution in [-0.4, -0.2) is 37.5 Å². The summed E-state index contributed by atoms with van der Waals surface area (Å²) >= 11 is 0. The molecule has 0 heterocycles. The molecule has 0 aromatic carbocycles. The molecule has 0 atom stereocenters. The molecule has 3 nitrogen and oxygen atoms in total. The Labute approximate surface area is 62.4 Å². The first kappa shape index (κ1) is 9.88. The second kappa shape index (κ2) is 6.99. The van der Waals surface area contributed by atoms with Crippen LogP contribution in [0.4, 0.5) is 0 Å². The summed E-state index contributed by atoms with van der Waals surface area (Å²) in [5.41, 5.74) is 0. The van der Waals surface area contributed by atoms with Crippen molar-refractivity contribution in [2.75, 3.05) is 26.3 Å². The van der Waals surface area contributed by atoms with E-state index in [1.807, 2.05) is 13.8 Å². The summed E-state index contributed by atoms with van der Waals surface area (Å²) in [6.45, 7) is 6.40. The van der Waals surface area contributed by atoms with Crippen LogP contribution in [0.1, 0.15) is 13.8 Å². The van der Waals surface area contributed by atoms with Gasteiger partial charge in [-0.05, 0) is 13.8 Å². The minimum absolute atomic E-state index is 0.196. The fourth-order valence-electron chi connectivity index (χ4n) is 0.571. The van der Waals surface area contributed by atoms with E-state index in [1.165, 1.54) is 0 Å². The summed E-state index contributed by atoms with van der Waals surface area (Å²) < 4.78 is 5.24. The molecule has 0 aliphatic carbocycles. The highest BCUT2D eigenvalue weighted by Gasteiger charge is 1.90. The van der Waals surface area contributed by atoms with Gasteiger partial charge in [0.05, 0.1) is 19.3 Å². The lowest BCUT2D eigenvalue weighted by atomic mass is 10.5. The lowest BCUT2D eigenvalue weighted by molar-refractivity contribution is 0.0803. The van der Waals surface area contributed by atoms with Crippen molar-refractivity contribution >= 4 is 0 Å². The average molecular weight is 147 g/mol. The number of nitrogens with one attached hydrogen (secondary N) is 1. The van der Waals surface area contributed by atoms with E-state index >= 15 is 0 Å². The van der Waals surface area contributed by atoms with Gasteiger partial charge in [-0.25, -0.2) is 0 Å². The topological polar surface area (TPSA) is 41.5 Å². The van der Waals surface area contributed by atoms with Crippen LogP contribution in [0.3, 0.4) is 0 Å². The Morgan fingerprint density at radius 2 is 2.10 bits per heavy atom. The van der Waals surface area contributed by atoms with Crippen LogP contribution in [0.5, 0.6) is 0 Å². The van der Waals surface area contributed by atoms with E-state index in [1.54, 1.807) is 0 Å². The molecule has 0 saturated heterocycles. The van der Waals surface area contributed by atoms with Gasteiger partial charge in [0, 0.05) is 13.1 Å². The minimum Gasteiger partial charge on any atom is -0.395 e. The van der Waals surface area contributed by atoms with Gasteiger partial charge in [-0.15, -0.1) is 0 Å². The standard InChI is InChI=1S/C7H17NO2/c1-7(2)10-6-4-8-3-5-9/h7-9H,3-6H2,1-2H3. The van der Waals surface area contributed by atoms with Gasteiger partial charge < -0.3 is 15.2 Å². The normalized spacial score (nSPS) is 10.8. The van der Waals surface area contributed by atoms with E-state index in [9.17, 15) is 0 Å². The molecule has 62 valence electrons. The van der Waals surface area contributed by atoms with Gasteiger partial charge in [-0.2, -0.15) is 0 Å². The Balaban J connectivity index is 2.77. The van der Waals surface area contributed by atoms with E-state index in [2.05, 4.69) is 5.32 Å². The molecule has 0 unspecified atom stereocenters. The zero-order chi connectivity index (χ0) is 7.82. The van der Waals surface area contributed by atoms with E-state index in [-0.39, 0.29) is 6.61 Å². The molecule has 0 aromatic heterocycles. The Morgan fingerprint density at radius 1 is 1.40 bits per heavy atom. The molecular formula is C7H17NO2. The highest BCUT2D eigenvalue weighted by molar-refractivity contribution is 4.44. The van der Waals surface area contributed by atoms with Crippen LogP contribution < -0.4 is 5.32 Å². The van der Waals surface area contributed by atoms with Crippen LogP contribution in [0.25, 0.3) is 0 Å². The maximum absolute atomic E-state index is 8.37. The third kappa shape index (κ3) is 7.88. The van der Waals surface area contributed by atoms with Gasteiger partial charge in [-0.3, -0.25) is 0 Å². The molecule has 3 heteroatoms. The molecule has 10 heavy (non-hydrogen) atoms. The van der Waals surface area contributed by atoms with E-state index in [4.69, 9.17) is 9.84 Å². The SMILES string of the molecule is CC(C)OCCNCCO. The molecule has 0 fully saturated rings. The first-order chi connectivity index (χ1) is 4.77. The molecule has 0 spiro atoms. The summed E-state index contributed by atoms with van der Waals surface area (Å²) in [7, 11) is 0. The zero-order valence-electron chi connectivity index (χ0n) is 6.76. The minimum atomic E-state index is 0.196. The molecule has 0 aliphatic heterocycles. The van der Waals surface area contributed by atoms with Gasteiger partial charge in [0.2, 0.25) is 0 Å². The van der Waals surface area contributed by atoms with Gasteiger partial charge in [0.25, 0.3) is 0 Å². The van der Waals surface area contributed by atoms with Crippen molar-refractivity contribution in [3.8, 4) is 0 Å². The number of aliphatic hydroxyl groups is 1. The Kier molecular flexibility index (Phi) is 6.91. The van der Waals surface area contributed by atoms with Gasteiger partial charge in [0.1, 0.15) is 0 Å². The van der Waals surface area contributed by atoms with Crippen LogP contribution in [0.2, 0.25) is 0 Å². The molecule has 0 saturated carbocycles. The number of aliphatic hydroxyl groups excluding tert-OH is 1. The van der Waals surface area contributed by atoms with E-state index in [0.29, 0.717) is 12.6 Å². The lowest BCUT2D eigenvalue weighted by Gasteiger charge is -2.06. The maximum Gasteiger partial charge on any atom is 0.0594 e. The molecule has 0 rings (SSSR count). The van der Waals surface area contributed by atoms with Gasteiger partial charge >= 0.3 is 0 Å². The Hall–Kier alpha value is -0.120. The molecule has 0 aliphatic rings. The molecular weight excluding hydrogens is 130 g/mol. The summed E-state index contributed by atoms with van der Waals surface area (Å²) in [4.78, 5) is 0. The predicted molar refractivity (Wildman–Crippen MR) is 41.0 cm³/mol. The highest BCUT2D eigenvalue weighted by Crippen LogP contribution is 1.84. The number of hydrogen-bond acceptors (Lipinski definition) is 3. The first-order valence-corrected chi connectivity index (χ1v) is 3.70. The third-order valence-electron chi connectivity index (χ3n) is 1.02. The number of ether oxygens (including phenoxy) is 1. The number of rotatable bonds is 6. The van der Waals surface area contributed by atoms with Crippen LogP contribution in [0, 0.1) is 0 Å².